The van der Waals surface area contributed by atoms with Gasteiger partial charge in [-0.05, 0) is 19.8 Å². The molecule has 0 saturated carbocycles. The Labute approximate surface area is 122 Å². The van der Waals surface area contributed by atoms with Gasteiger partial charge in [0, 0.05) is 38.8 Å². The van der Waals surface area contributed by atoms with Gasteiger partial charge in [-0.15, -0.1) is 0 Å². The van der Waals surface area contributed by atoms with Crippen molar-refractivity contribution in [3.05, 3.63) is 11.9 Å². The average molecular weight is 280 g/mol. The van der Waals surface area contributed by atoms with E-state index in [4.69, 9.17) is 4.74 Å². The number of hydrogen-bond acceptors (Lipinski definition) is 5. The average Bonchev–Trinajstić information content (AvgIpc) is 2.46. The molecule has 5 nitrogen and oxygen atoms in total. The van der Waals surface area contributed by atoms with Gasteiger partial charge in [-0.3, -0.25) is 0 Å². The molecule has 2 N–H and O–H groups in total. The molecule has 0 aliphatic heterocycles. The molecule has 0 bridgehead atoms. The molecule has 1 aromatic heterocycles. The maximum atomic E-state index is 5.53. The molecule has 0 aliphatic carbocycles. The van der Waals surface area contributed by atoms with Gasteiger partial charge in [0.2, 0.25) is 0 Å². The quantitative estimate of drug-likeness (QED) is 0.610. The molecule has 114 valence electrons. The molecular formula is C15H28N4O. The van der Waals surface area contributed by atoms with Gasteiger partial charge in [-0.2, -0.15) is 0 Å². The second-order valence-electron chi connectivity index (χ2n) is 4.68. The highest BCUT2D eigenvalue weighted by molar-refractivity contribution is 5.47. The predicted molar refractivity (Wildman–Crippen MR) is 84.4 cm³/mol. The second-order valence-corrected chi connectivity index (χ2v) is 4.68. The van der Waals surface area contributed by atoms with Crippen LogP contribution in [0.3, 0.4) is 0 Å². The minimum absolute atomic E-state index is 0.804. The highest BCUT2D eigenvalue weighted by Gasteiger charge is 2.02. The van der Waals surface area contributed by atoms with E-state index in [-0.39, 0.29) is 0 Å². The lowest BCUT2D eigenvalue weighted by Crippen LogP contribution is -2.10. The number of unbranched alkanes of at least 4 members (excludes halogenated alkanes) is 1. The molecule has 1 aromatic rings. The third kappa shape index (κ3) is 6.70. The Morgan fingerprint density at radius 1 is 1.00 bits per heavy atom. The number of nitrogens with zero attached hydrogens (tertiary/aromatic N) is 2. The highest BCUT2D eigenvalue weighted by Crippen LogP contribution is 2.11. The third-order valence-electron chi connectivity index (χ3n) is 2.86. The molecule has 0 unspecified atom stereocenters. The Bertz CT molecular complexity index is 371. The van der Waals surface area contributed by atoms with E-state index in [1.807, 2.05) is 6.07 Å². The zero-order chi connectivity index (χ0) is 14.6. The smallest absolute Gasteiger partial charge is 0.132 e. The van der Waals surface area contributed by atoms with E-state index in [2.05, 4.69) is 41.4 Å². The topological polar surface area (TPSA) is 59.1 Å². The zero-order valence-electron chi connectivity index (χ0n) is 13.0. The minimum Gasteiger partial charge on any atom is -0.381 e. The van der Waals surface area contributed by atoms with Gasteiger partial charge in [-0.25, -0.2) is 9.97 Å². The fourth-order valence-corrected chi connectivity index (χ4v) is 1.76. The molecule has 0 saturated heterocycles. The summed E-state index contributed by atoms with van der Waals surface area (Å²) in [6, 6.07) is 1.96. The van der Waals surface area contributed by atoms with Crippen LogP contribution >= 0.6 is 0 Å². The Kier molecular flexibility index (Phi) is 8.71. The van der Waals surface area contributed by atoms with Gasteiger partial charge < -0.3 is 15.4 Å². The van der Waals surface area contributed by atoms with Crippen molar-refractivity contribution in [3.8, 4) is 0 Å². The van der Waals surface area contributed by atoms with Crippen molar-refractivity contribution in [1.29, 1.82) is 0 Å². The molecule has 0 radical (unpaired) electrons. The van der Waals surface area contributed by atoms with E-state index in [0.29, 0.717) is 0 Å². The summed E-state index contributed by atoms with van der Waals surface area (Å²) in [5.74, 6) is 2.65. The fourth-order valence-electron chi connectivity index (χ4n) is 1.76. The number of anilines is 2. The fraction of sp³-hybridized carbons (Fsp3) is 0.733. The highest BCUT2D eigenvalue weighted by atomic mass is 16.5. The summed E-state index contributed by atoms with van der Waals surface area (Å²) in [4.78, 5) is 8.91. The van der Waals surface area contributed by atoms with Crippen LogP contribution in [-0.4, -0.2) is 36.3 Å². The summed E-state index contributed by atoms with van der Waals surface area (Å²) in [6.45, 7) is 9.72. The summed E-state index contributed by atoms with van der Waals surface area (Å²) >= 11 is 0. The minimum atomic E-state index is 0.804. The van der Waals surface area contributed by atoms with Gasteiger partial charge in [0.15, 0.2) is 0 Å². The Morgan fingerprint density at radius 2 is 1.70 bits per heavy atom. The van der Waals surface area contributed by atoms with E-state index in [1.54, 1.807) is 0 Å². The third-order valence-corrected chi connectivity index (χ3v) is 2.86. The van der Waals surface area contributed by atoms with Gasteiger partial charge in [0.25, 0.3) is 0 Å². The normalized spacial score (nSPS) is 10.6. The zero-order valence-corrected chi connectivity index (χ0v) is 13.0. The van der Waals surface area contributed by atoms with Crippen LogP contribution < -0.4 is 10.6 Å². The second kappa shape index (κ2) is 10.4. The lowest BCUT2D eigenvalue weighted by Gasteiger charge is -2.10. The molecule has 1 heterocycles. The SMILES string of the molecule is CCCCOCCCNc1cc(NCC)nc(CC)n1. The number of nitrogens with one attached hydrogen (secondary N) is 2. The van der Waals surface area contributed by atoms with Crippen LogP contribution in [0.2, 0.25) is 0 Å². The predicted octanol–water partition coefficient (Wildman–Crippen LogP) is 3.09. The summed E-state index contributed by atoms with van der Waals surface area (Å²) in [7, 11) is 0. The van der Waals surface area contributed by atoms with Crippen molar-refractivity contribution < 1.29 is 4.74 Å². The van der Waals surface area contributed by atoms with Crippen molar-refractivity contribution in [2.24, 2.45) is 0 Å². The molecule has 0 aliphatic rings. The first-order valence-electron chi connectivity index (χ1n) is 7.73. The van der Waals surface area contributed by atoms with Gasteiger partial charge >= 0.3 is 0 Å². The lowest BCUT2D eigenvalue weighted by atomic mass is 10.3. The van der Waals surface area contributed by atoms with E-state index in [9.17, 15) is 0 Å². The van der Waals surface area contributed by atoms with Crippen molar-refractivity contribution in [2.75, 3.05) is 36.9 Å². The summed E-state index contributed by atoms with van der Waals surface area (Å²) < 4.78 is 5.53. The maximum absolute atomic E-state index is 5.53. The van der Waals surface area contributed by atoms with Gasteiger partial charge in [0.1, 0.15) is 17.5 Å². The molecule has 0 fully saturated rings. The first-order valence-corrected chi connectivity index (χ1v) is 7.73. The molecule has 0 spiro atoms. The molecule has 0 aromatic carbocycles. The molecular weight excluding hydrogens is 252 g/mol. The van der Waals surface area contributed by atoms with Crippen molar-refractivity contribution >= 4 is 11.6 Å². The first kappa shape index (κ1) is 16.7. The van der Waals surface area contributed by atoms with Crippen molar-refractivity contribution in [2.45, 2.75) is 46.5 Å². The van der Waals surface area contributed by atoms with Gasteiger partial charge in [0.05, 0.1) is 0 Å². The largest absolute Gasteiger partial charge is 0.381 e. The number of hydrogen-bond donors (Lipinski definition) is 2. The van der Waals surface area contributed by atoms with E-state index in [1.165, 1.54) is 6.42 Å². The van der Waals surface area contributed by atoms with Gasteiger partial charge in [-0.1, -0.05) is 20.3 Å². The monoisotopic (exact) mass is 280 g/mol. The first-order chi connectivity index (χ1) is 9.80. The Morgan fingerprint density at radius 3 is 2.35 bits per heavy atom. The van der Waals surface area contributed by atoms with Crippen LogP contribution in [0.15, 0.2) is 6.07 Å². The van der Waals surface area contributed by atoms with Crippen LogP contribution in [0.25, 0.3) is 0 Å². The standard InChI is InChI=1S/C15H28N4O/c1-4-7-10-20-11-8-9-17-15-12-14(16-6-3)18-13(5-2)19-15/h12H,4-11H2,1-3H3,(H2,16,17,18,19). The maximum Gasteiger partial charge on any atom is 0.132 e. The molecule has 0 atom stereocenters. The molecule has 1 rings (SSSR count). The van der Waals surface area contributed by atoms with Crippen LogP contribution in [0.4, 0.5) is 11.6 Å². The molecule has 5 heteroatoms. The summed E-state index contributed by atoms with van der Waals surface area (Å²) in [6.07, 6.45) is 4.16. The van der Waals surface area contributed by atoms with E-state index < -0.39 is 0 Å². The van der Waals surface area contributed by atoms with Crippen LogP contribution in [0.5, 0.6) is 0 Å². The lowest BCUT2D eigenvalue weighted by molar-refractivity contribution is 0.131. The van der Waals surface area contributed by atoms with Crippen molar-refractivity contribution in [1.82, 2.24) is 9.97 Å². The Balaban J connectivity index is 2.33. The van der Waals surface area contributed by atoms with Crippen LogP contribution in [-0.2, 0) is 11.2 Å². The Hall–Kier alpha value is -1.36. The molecule has 0 amide bonds. The number of aromatic nitrogens is 2. The number of aryl methyl sites for hydroxylation is 1. The van der Waals surface area contributed by atoms with Crippen LogP contribution in [0, 0.1) is 0 Å². The summed E-state index contributed by atoms with van der Waals surface area (Å²) in [5.41, 5.74) is 0. The van der Waals surface area contributed by atoms with E-state index >= 15 is 0 Å². The molecule has 20 heavy (non-hydrogen) atoms. The number of rotatable bonds is 11. The summed E-state index contributed by atoms with van der Waals surface area (Å²) in [5, 5.41) is 6.57. The van der Waals surface area contributed by atoms with E-state index in [0.717, 1.165) is 63.0 Å². The van der Waals surface area contributed by atoms with Crippen LogP contribution in [0.1, 0.15) is 45.9 Å². The van der Waals surface area contributed by atoms with Crippen molar-refractivity contribution in [3.63, 3.8) is 0 Å². The number of ether oxygens (including phenoxy) is 1.